The maximum Gasteiger partial charge on any atom is 0.267 e. The summed E-state index contributed by atoms with van der Waals surface area (Å²) in [5, 5.41) is 8.08. The molecule has 0 spiro atoms. The fourth-order valence-electron chi connectivity index (χ4n) is 2.78. The van der Waals surface area contributed by atoms with Crippen LogP contribution < -0.4 is 5.32 Å². The number of para-hydroxylation sites is 1. The first kappa shape index (κ1) is 15.1. The lowest BCUT2D eigenvalue weighted by atomic mass is 10.2. The Morgan fingerprint density at radius 2 is 2.08 bits per heavy atom. The molecule has 0 unspecified atom stereocenters. The van der Waals surface area contributed by atoms with E-state index in [1.54, 1.807) is 17.1 Å². The lowest BCUT2D eigenvalue weighted by Crippen LogP contribution is -2.23. The second kappa shape index (κ2) is 6.24. The number of H-pyrrole nitrogens is 1. The minimum Gasteiger partial charge on any atom is -0.351 e. The molecular weight excluding hydrogens is 314 g/mol. The highest BCUT2D eigenvalue weighted by molar-refractivity contribution is 5.97. The molecule has 25 heavy (non-hydrogen) atoms. The van der Waals surface area contributed by atoms with Crippen molar-refractivity contribution < 1.29 is 4.79 Å². The Morgan fingerprint density at radius 1 is 1.20 bits per heavy atom. The number of fused-ring (bicyclic) bond motifs is 1. The molecule has 3 aromatic heterocycles. The molecule has 0 aliphatic rings. The molecule has 0 fully saturated rings. The van der Waals surface area contributed by atoms with Crippen molar-refractivity contribution in [3.8, 4) is 11.4 Å². The molecule has 0 bridgehead atoms. The number of amides is 1. The zero-order valence-corrected chi connectivity index (χ0v) is 13.7. The van der Waals surface area contributed by atoms with Gasteiger partial charge < -0.3 is 10.3 Å². The fraction of sp³-hybridized carbons (Fsp3) is 0.105. The van der Waals surface area contributed by atoms with Crippen molar-refractivity contribution in [1.82, 2.24) is 25.1 Å². The molecule has 2 N–H and O–H groups in total. The van der Waals surface area contributed by atoms with E-state index in [-0.39, 0.29) is 5.91 Å². The van der Waals surface area contributed by atoms with Crippen molar-refractivity contribution in [3.05, 3.63) is 72.2 Å². The van der Waals surface area contributed by atoms with Crippen LogP contribution in [-0.2, 0) is 13.6 Å². The standard InChI is InChI=1S/C19H17N5O/c1-24-18(8-9-22-24)16-7-6-13(11-20-16)12-21-19(25)17-10-14-4-2-3-5-15(14)23-17/h2-11,23H,12H2,1H3,(H,21,25). The summed E-state index contributed by atoms with van der Waals surface area (Å²) in [6, 6.07) is 15.5. The predicted octanol–water partition coefficient (Wildman–Crippen LogP) is 2.89. The van der Waals surface area contributed by atoms with Crippen LogP contribution in [0.5, 0.6) is 0 Å². The average Bonchev–Trinajstić information content (AvgIpc) is 3.26. The molecule has 3 heterocycles. The highest BCUT2D eigenvalue weighted by Crippen LogP contribution is 2.16. The highest BCUT2D eigenvalue weighted by atomic mass is 16.1. The second-order valence-electron chi connectivity index (χ2n) is 5.84. The van der Waals surface area contributed by atoms with Crippen LogP contribution in [0.25, 0.3) is 22.3 Å². The topological polar surface area (TPSA) is 75.6 Å². The van der Waals surface area contributed by atoms with E-state index < -0.39 is 0 Å². The summed E-state index contributed by atoms with van der Waals surface area (Å²) in [6.07, 6.45) is 3.51. The summed E-state index contributed by atoms with van der Waals surface area (Å²) < 4.78 is 1.78. The quantitative estimate of drug-likeness (QED) is 0.604. The van der Waals surface area contributed by atoms with Crippen molar-refractivity contribution >= 4 is 16.8 Å². The number of hydrogen-bond acceptors (Lipinski definition) is 3. The molecule has 0 aliphatic carbocycles. The largest absolute Gasteiger partial charge is 0.351 e. The van der Waals surface area contributed by atoms with Gasteiger partial charge in [0, 0.05) is 36.9 Å². The third-order valence-electron chi connectivity index (χ3n) is 4.14. The summed E-state index contributed by atoms with van der Waals surface area (Å²) in [5.41, 5.74) is 4.25. The van der Waals surface area contributed by atoms with Gasteiger partial charge in [0.1, 0.15) is 5.69 Å². The van der Waals surface area contributed by atoms with Gasteiger partial charge in [-0.2, -0.15) is 5.10 Å². The first-order valence-corrected chi connectivity index (χ1v) is 8.00. The molecule has 6 nitrogen and oxygen atoms in total. The monoisotopic (exact) mass is 331 g/mol. The van der Waals surface area contributed by atoms with Crippen LogP contribution in [0.15, 0.2) is 60.9 Å². The number of rotatable bonds is 4. The van der Waals surface area contributed by atoms with Crippen LogP contribution in [-0.4, -0.2) is 25.7 Å². The Balaban J connectivity index is 1.44. The van der Waals surface area contributed by atoms with E-state index in [2.05, 4.69) is 20.4 Å². The number of nitrogens with one attached hydrogen (secondary N) is 2. The van der Waals surface area contributed by atoms with Crippen molar-refractivity contribution in [1.29, 1.82) is 0 Å². The van der Waals surface area contributed by atoms with E-state index in [1.165, 1.54) is 0 Å². The zero-order valence-electron chi connectivity index (χ0n) is 13.7. The van der Waals surface area contributed by atoms with Gasteiger partial charge in [-0.1, -0.05) is 24.3 Å². The molecule has 0 saturated heterocycles. The smallest absolute Gasteiger partial charge is 0.267 e. The molecule has 0 saturated carbocycles. The molecule has 4 aromatic rings. The van der Waals surface area contributed by atoms with Crippen molar-refractivity contribution in [3.63, 3.8) is 0 Å². The van der Waals surface area contributed by atoms with Crippen LogP contribution in [0.1, 0.15) is 16.1 Å². The Labute approximate surface area is 144 Å². The normalized spacial score (nSPS) is 10.9. The Hall–Kier alpha value is -3.41. The Kier molecular flexibility index (Phi) is 3.78. The molecule has 6 heteroatoms. The van der Waals surface area contributed by atoms with Gasteiger partial charge in [0.2, 0.25) is 0 Å². The van der Waals surface area contributed by atoms with Gasteiger partial charge in [0.15, 0.2) is 0 Å². The number of aromatic amines is 1. The van der Waals surface area contributed by atoms with Gasteiger partial charge in [0.05, 0.1) is 11.4 Å². The maximum atomic E-state index is 12.3. The summed E-state index contributed by atoms with van der Waals surface area (Å²) >= 11 is 0. The van der Waals surface area contributed by atoms with Crippen molar-refractivity contribution in [2.75, 3.05) is 0 Å². The first-order valence-electron chi connectivity index (χ1n) is 8.00. The molecule has 0 atom stereocenters. The third kappa shape index (κ3) is 3.01. The molecule has 124 valence electrons. The van der Waals surface area contributed by atoms with Gasteiger partial charge in [-0.05, 0) is 29.8 Å². The summed E-state index contributed by atoms with van der Waals surface area (Å²) in [7, 11) is 1.88. The average molecular weight is 331 g/mol. The predicted molar refractivity (Wildman–Crippen MR) is 95.9 cm³/mol. The van der Waals surface area contributed by atoms with Crippen LogP contribution in [0.2, 0.25) is 0 Å². The molecular formula is C19H17N5O. The summed E-state index contributed by atoms with van der Waals surface area (Å²) in [4.78, 5) is 19.9. The molecule has 0 radical (unpaired) electrons. The maximum absolute atomic E-state index is 12.3. The second-order valence-corrected chi connectivity index (χ2v) is 5.84. The van der Waals surface area contributed by atoms with Gasteiger partial charge in [-0.3, -0.25) is 14.5 Å². The van der Waals surface area contributed by atoms with Crippen LogP contribution >= 0.6 is 0 Å². The molecule has 4 rings (SSSR count). The van der Waals surface area contributed by atoms with E-state index in [0.717, 1.165) is 27.9 Å². The third-order valence-corrected chi connectivity index (χ3v) is 4.14. The number of hydrogen-bond donors (Lipinski definition) is 2. The first-order chi connectivity index (χ1) is 12.2. The number of carbonyl (C=O) groups is 1. The van der Waals surface area contributed by atoms with Gasteiger partial charge >= 0.3 is 0 Å². The lowest BCUT2D eigenvalue weighted by Gasteiger charge is -2.05. The van der Waals surface area contributed by atoms with Crippen LogP contribution in [0, 0.1) is 0 Å². The fourth-order valence-corrected chi connectivity index (χ4v) is 2.78. The SMILES string of the molecule is Cn1nccc1-c1ccc(CNC(=O)c2cc3ccccc3[nH]2)cn1. The minimum atomic E-state index is -0.132. The Morgan fingerprint density at radius 3 is 2.80 bits per heavy atom. The van der Waals surface area contributed by atoms with Gasteiger partial charge in [-0.15, -0.1) is 0 Å². The van der Waals surface area contributed by atoms with Gasteiger partial charge in [-0.25, -0.2) is 0 Å². The summed E-state index contributed by atoms with van der Waals surface area (Å²) in [5.74, 6) is -0.132. The number of aryl methyl sites for hydroxylation is 1. The number of carbonyl (C=O) groups excluding carboxylic acids is 1. The van der Waals surface area contributed by atoms with E-state index in [9.17, 15) is 4.79 Å². The molecule has 0 aliphatic heterocycles. The number of benzene rings is 1. The summed E-state index contributed by atoms with van der Waals surface area (Å²) in [6.45, 7) is 0.423. The Bertz CT molecular complexity index is 996. The minimum absolute atomic E-state index is 0.132. The number of nitrogens with zero attached hydrogens (tertiary/aromatic N) is 3. The van der Waals surface area contributed by atoms with Crippen molar-refractivity contribution in [2.24, 2.45) is 7.05 Å². The van der Waals surface area contributed by atoms with E-state index in [1.807, 2.05) is 55.6 Å². The van der Waals surface area contributed by atoms with Crippen LogP contribution in [0.4, 0.5) is 0 Å². The van der Waals surface area contributed by atoms with Gasteiger partial charge in [0.25, 0.3) is 5.91 Å². The number of pyridine rings is 1. The number of aromatic nitrogens is 4. The van der Waals surface area contributed by atoms with E-state index in [4.69, 9.17) is 0 Å². The van der Waals surface area contributed by atoms with Crippen molar-refractivity contribution in [2.45, 2.75) is 6.54 Å². The lowest BCUT2D eigenvalue weighted by molar-refractivity contribution is 0.0946. The molecule has 1 amide bonds. The van der Waals surface area contributed by atoms with E-state index >= 15 is 0 Å². The van der Waals surface area contributed by atoms with E-state index in [0.29, 0.717) is 12.2 Å². The molecule has 1 aromatic carbocycles. The van der Waals surface area contributed by atoms with Crippen LogP contribution in [0.3, 0.4) is 0 Å². The highest BCUT2D eigenvalue weighted by Gasteiger charge is 2.09. The zero-order chi connectivity index (χ0) is 17.2.